The number of aromatic nitrogens is 4. The first-order valence-electron chi connectivity index (χ1n) is 13.8. The van der Waals surface area contributed by atoms with E-state index in [2.05, 4.69) is 31.3 Å². The Balaban J connectivity index is 1.26. The van der Waals surface area contributed by atoms with Crippen LogP contribution in [0.25, 0.3) is 5.69 Å². The lowest BCUT2D eigenvalue weighted by Gasteiger charge is -2.28. The molecule has 1 saturated carbocycles. The number of nitrogens with one attached hydrogen (secondary N) is 2. The van der Waals surface area contributed by atoms with E-state index in [1.54, 1.807) is 6.20 Å². The highest BCUT2D eigenvalue weighted by atomic mass is 35.5. The van der Waals surface area contributed by atoms with Crippen LogP contribution in [0.3, 0.4) is 0 Å². The van der Waals surface area contributed by atoms with Crippen molar-refractivity contribution >= 4 is 17.7 Å². The minimum atomic E-state index is -0.519. The smallest absolute Gasteiger partial charge is 0.407 e. The number of hydrogen-bond donors (Lipinski definition) is 2. The van der Waals surface area contributed by atoms with Gasteiger partial charge in [-0.25, -0.2) is 9.78 Å². The fraction of sp³-hybridized carbons (Fsp3) is 0.517. The molecule has 39 heavy (non-hydrogen) atoms. The minimum absolute atomic E-state index is 0.128. The number of fused-ring (bicyclic) bond motifs is 3. The molecule has 3 aromatic rings. The summed E-state index contributed by atoms with van der Waals surface area (Å²) >= 11 is 6.42. The molecule has 1 fully saturated rings. The van der Waals surface area contributed by atoms with Gasteiger partial charge in [-0.2, -0.15) is 0 Å². The van der Waals surface area contributed by atoms with Crippen LogP contribution in [0.4, 0.5) is 4.79 Å². The summed E-state index contributed by atoms with van der Waals surface area (Å²) in [6, 6.07) is 11.9. The van der Waals surface area contributed by atoms with E-state index < -0.39 is 11.7 Å². The van der Waals surface area contributed by atoms with Gasteiger partial charge in [0.25, 0.3) is 0 Å². The molecule has 2 aromatic heterocycles. The normalized spacial score (nSPS) is 20.9. The topological polar surface area (TPSA) is 103 Å². The van der Waals surface area contributed by atoms with Crippen molar-refractivity contribution in [2.24, 2.45) is 0 Å². The molecule has 1 aliphatic carbocycles. The van der Waals surface area contributed by atoms with Crippen molar-refractivity contribution in [2.75, 3.05) is 13.1 Å². The van der Waals surface area contributed by atoms with E-state index in [0.29, 0.717) is 29.9 Å². The lowest BCUT2D eigenvalue weighted by atomic mass is 9.86. The average Bonchev–Trinajstić information content (AvgIpc) is 3.23. The zero-order valence-corrected chi connectivity index (χ0v) is 23.6. The molecule has 0 saturated heterocycles. The zero-order valence-electron chi connectivity index (χ0n) is 22.8. The molecule has 10 heteroatoms. The molecule has 1 aromatic carbocycles. The highest BCUT2D eigenvalue weighted by Crippen LogP contribution is 2.37. The largest absolute Gasteiger partial charge is 0.474 e. The summed E-state index contributed by atoms with van der Waals surface area (Å²) in [7, 11) is 0. The first-order valence-corrected chi connectivity index (χ1v) is 14.1. The van der Waals surface area contributed by atoms with E-state index in [0.717, 1.165) is 61.4 Å². The van der Waals surface area contributed by atoms with Crippen LogP contribution < -0.4 is 15.4 Å². The van der Waals surface area contributed by atoms with E-state index >= 15 is 0 Å². The summed E-state index contributed by atoms with van der Waals surface area (Å²) in [6.45, 7) is 6.64. The minimum Gasteiger partial charge on any atom is -0.474 e. The number of carbonyl (C=O) groups excluding carboxylic acids is 1. The number of amides is 1. The second-order valence-corrected chi connectivity index (χ2v) is 11.8. The second kappa shape index (κ2) is 11.9. The number of alkyl carbamates (subject to hydrolysis) is 1. The van der Waals surface area contributed by atoms with Crippen LogP contribution in [-0.4, -0.2) is 56.7 Å². The van der Waals surface area contributed by atoms with Crippen LogP contribution in [0.2, 0.25) is 5.02 Å². The number of pyridine rings is 1. The molecule has 0 unspecified atom stereocenters. The molecule has 2 N–H and O–H groups in total. The molecule has 2 aliphatic rings. The summed E-state index contributed by atoms with van der Waals surface area (Å²) in [5.41, 5.74) is 1.74. The fourth-order valence-electron chi connectivity index (χ4n) is 5.41. The van der Waals surface area contributed by atoms with Gasteiger partial charge >= 0.3 is 6.09 Å². The molecule has 1 amide bonds. The molecule has 0 radical (unpaired) electrons. The molecule has 3 heterocycles. The highest BCUT2D eigenvalue weighted by molar-refractivity contribution is 6.30. The van der Waals surface area contributed by atoms with Crippen LogP contribution in [0.15, 0.2) is 42.6 Å². The maximum atomic E-state index is 12.0. The summed E-state index contributed by atoms with van der Waals surface area (Å²) in [5.74, 6) is 2.94. The molecule has 0 spiro atoms. The zero-order chi connectivity index (χ0) is 27.4. The predicted molar refractivity (Wildman–Crippen MR) is 150 cm³/mol. The van der Waals surface area contributed by atoms with Gasteiger partial charge in [-0.3, -0.25) is 4.57 Å². The van der Waals surface area contributed by atoms with Gasteiger partial charge in [0, 0.05) is 48.8 Å². The van der Waals surface area contributed by atoms with Crippen molar-refractivity contribution in [3.63, 3.8) is 0 Å². The molecule has 208 valence electrons. The molecule has 1 aliphatic heterocycles. The lowest BCUT2D eigenvalue weighted by molar-refractivity contribution is 0.0528. The Morgan fingerprint density at radius 3 is 2.64 bits per heavy atom. The van der Waals surface area contributed by atoms with Gasteiger partial charge in [0.1, 0.15) is 23.4 Å². The maximum Gasteiger partial charge on any atom is 0.407 e. The third-order valence-corrected chi connectivity index (χ3v) is 7.36. The van der Waals surface area contributed by atoms with Crippen molar-refractivity contribution in [1.29, 1.82) is 0 Å². The number of ether oxygens (including phenoxy) is 2. The SMILES string of the molecule is CC(C)(C)OC(=O)NCCN[C@@H]1Cc2cc(Cl)ccc2-n2c(nnc2[C@H]2CC[C@H](Oc3ccccn3)CC2)C1. The number of benzene rings is 1. The van der Waals surface area contributed by atoms with Crippen molar-refractivity contribution in [2.45, 2.75) is 83.0 Å². The number of carbonyl (C=O) groups is 1. The Labute approximate surface area is 234 Å². The van der Waals surface area contributed by atoms with E-state index in [9.17, 15) is 4.79 Å². The molecular weight excluding hydrogens is 516 g/mol. The Hall–Kier alpha value is -3.17. The van der Waals surface area contributed by atoms with Crippen LogP contribution in [-0.2, 0) is 17.6 Å². The number of hydrogen-bond acceptors (Lipinski definition) is 7. The number of rotatable bonds is 7. The van der Waals surface area contributed by atoms with Gasteiger partial charge in [-0.1, -0.05) is 17.7 Å². The van der Waals surface area contributed by atoms with Gasteiger partial charge in [0.2, 0.25) is 5.88 Å². The van der Waals surface area contributed by atoms with Crippen LogP contribution in [0.5, 0.6) is 5.88 Å². The molecule has 1 atom stereocenters. The van der Waals surface area contributed by atoms with Crippen molar-refractivity contribution < 1.29 is 14.3 Å². The summed E-state index contributed by atoms with van der Waals surface area (Å²) < 4.78 is 13.7. The Bertz CT molecular complexity index is 1270. The maximum absolute atomic E-state index is 12.0. The molecule has 0 bridgehead atoms. The Kier molecular flexibility index (Phi) is 8.37. The lowest BCUT2D eigenvalue weighted by Crippen LogP contribution is -2.40. The fourth-order valence-corrected chi connectivity index (χ4v) is 5.60. The van der Waals surface area contributed by atoms with Crippen LogP contribution in [0.1, 0.15) is 69.6 Å². The summed E-state index contributed by atoms with van der Waals surface area (Å²) in [5, 5.41) is 16.5. The van der Waals surface area contributed by atoms with E-state index in [1.807, 2.05) is 51.1 Å². The van der Waals surface area contributed by atoms with Gasteiger partial charge in [-0.15, -0.1) is 10.2 Å². The Morgan fingerprint density at radius 1 is 1.08 bits per heavy atom. The van der Waals surface area contributed by atoms with Crippen molar-refractivity contribution in [3.8, 4) is 11.6 Å². The van der Waals surface area contributed by atoms with Gasteiger partial charge in [-0.05, 0) is 82.7 Å². The first kappa shape index (κ1) is 27.4. The Morgan fingerprint density at radius 2 is 1.90 bits per heavy atom. The third kappa shape index (κ3) is 7.08. The van der Waals surface area contributed by atoms with E-state index in [4.69, 9.17) is 26.2 Å². The standard InChI is InChI=1S/C29H37ClN6O3/c1-29(2,3)39-28(37)33-15-14-31-22-17-20-16-21(30)9-12-24(20)36-25(18-22)34-35-27(36)19-7-10-23(11-8-19)38-26-6-4-5-13-32-26/h4-6,9,12-13,16,19,22-23,31H,7-8,10-11,14-15,17-18H2,1-3H3,(H,33,37)/t19-,22-,23-/m1/s1. The van der Waals surface area contributed by atoms with Gasteiger partial charge < -0.3 is 20.1 Å². The molecular formula is C29H37ClN6O3. The quantitative estimate of drug-likeness (QED) is 0.397. The second-order valence-electron chi connectivity index (χ2n) is 11.3. The van der Waals surface area contributed by atoms with Crippen molar-refractivity contribution in [3.05, 3.63) is 64.8 Å². The van der Waals surface area contributed by atoms with Gasteiger partial charge in [0.05, 0.1) is 5.69 Å². The highest BCUT2D eigenvalue weighted by Gasteiger charge is 2.31. The molecule has 5 rings (SSSR count). The first-order chi connectivity index (χ1) is 18.7. The predicted octanol–water partition coefficient (Wildman–Crippen LogP) is 5.00. The van der Waals surface area contributed by atoms with E-state index in [1.165, 1.54) is 0 Å². The summed E-state index contributed by atoms with van der Waals surface area (Å²) in [4.78, 5) is 16.3. The van der Waals surface area contributed by atoms with Crippen molar-refractivity contribution in [1.82, 2.24) is 30.4 Å². The third-order valence-electron chi connectivity index (χ3n) is 7.12. The van der Waals surface area contributed by atoms with Gasteiger partial charge in [0.15, 0.2) is 0 Å². The van der Waals surface area contributed by atoms with E-state index in [-0.39, 0.29) is 12.1 Å². The number of nitrogens with zero attached hydrogens (tertiary/aromatic N) is 4. The molecule has 9 nitrogen and oxygen atoms in total. The van der Waals surface area contributed by atoms with Crippen LogP contribution in [0, 0.1) is 0 Å². The monoisotopic (exact) mass is 552 g/mol. The average molecular weight is 553 g/mol. The number of halogens is 1. The summed E-state index contributed by atoms with van der Waals surface area (Å²) in [6.07, 6.45) is 6.91. The van der Waals surface area contributed by atoms with Crippen LogP contribution >= 0.6 is 11.6 Å².